The first-order chi connectivity index (χ1) is 7.47. The van der Waals surface area contributed by atoms with Gasteiger partial charge in [0.05, 0.1) is 0 Å². The summed E-state index contributed by atoms with van der Waals surface area (Å²) in [6.07, 6.45) is 0. The van der Waals surface area contributed by atoms with E-state index in [4.69, 9.17) is 11.6 Å². The van der Waals surface area contributed by atoms with Crippen molar-refractivity contribution in [2.45, 2.75) is 5.03 Å². The van der Waals surface area contributed by atoms with Crippen LogP contribution in [0.15, 0.2) is 34.7 Å². The molecule has 0 fully saturated rings. The summed E-state index contributed by atoms with van der Waals surface area (Å²) in [4.78, 5) is 3.69. The zero-order chi connectivity index (χ0) is 11.8. The number of hydrogen-bond donors (Lipinski definition) is 0. The lowest BCUT2D eigenvalue weighted by atomic mass is 10.2. The van der Waals surface area contributed by atoms with Crippen LogP contribution in [-0.4, -0.2) is 13.4 Å². The predicted octanol–water partition coefficient (Wildman–Crippen LogP) is 3.12. The largest absolute Gasteiger partial charge is 0.350 e. The van der Waals surface area contributed by atoms with Gasteiger partial charge in [-0.25, -0.2) is 4.98 Å². The van der Waals surface area contributed by atoms with Crippen molar-refractivity contribution in [3.05, 3.63) is 34.7 Å². The zero-order valence-corrected chi connectivity index (χ0v) is 10.1. The lowest BCUT2D eigenvalue weighted by molar-refractivity contribution is 0.549. The highest BCUT2D eigenvalue weighted by atomic mass is 35.5. The molecule has 0 spiro atoms. The summed E-state index contributed by atoms with van der Waals surface area (Å²) in [6, 6.07) is 6.69. The monoisotopic (exact) mass is 277 g/mol. The Balaban J connectivity index is 2.43. The van der Waals surface area contributed by atoms with E-state index in [2.05, 4.69) is 4.98 Å². The van der Waals surface area contributed by atoms with Gasteiger partial charge in [-0.15, -0.1) is 11.3 Å². The lowest BCUT2D eigenvalue weighted by Gasteiger charge is -1.95. The van der Waals surface area contributed by atoms with Crippen molar-refractivity contribution in [2.75, 3.05) is 0 Å². The van der Waals surface area contributed by atoms with Gasteiger partial charge in [-0.3, -0.25) is 0 Å². The molecule has 2 aromatic rings. The molecule has 0 aliphatic carbocycles. The standard InChI is InChI=1S/C9H5ClFNO2S2/c10-7-3-1-6(2-4-7)9-12-8(5-15-9)16(11,13)14/h1-5H. The Bertz CT molecular complexity index is 607. The summed E-state index contributed by atoms with van der Waals surface area (Å²) in [5.41, 5.74) is 0.698. The molecule has 0 aliphatic heterocycles. The Morgan fingerprint density at radius 1 is 1.25 bits per heavy atom. The number of rotatable bonds is 2. The molecule has 0 saturated carbocycles. The molecule has 3 nitrogen and oxygen atoms in total. The van der Waals surface area contributed by atoms with Crippen molar-refractivity contribution < 1.29 is 12.3 Å². The Morgan fingerprint density at radius 3 is 2.38 bits per heavy atom. The van der Waals surface area contributed by atoms with Crippen LogP contribution in [-0.2, 0) is 10.2 Å². The molecule has 0 radical (unpaired) electrons. The van der Waals surface area contributed by atoms with Crippen molar-refractivity contribution >= 4 is 33.2 Å². The highest BCUT2D eigenvalue weighted by molar-refractivity contribution is 7.86. The quantitative estimate of drug-likeness (QED) is 0.793. The molecule has 0 N–H and O–H groups in total. The lowest BCUT2D eigenvalue weighted by Crippen LogP contribution is -1.91. The van der Waals surface area contributed by atoms with Crippen LogP contribution >= 0.6 is 22.9 Å². The van der Waals surface area contributed by atoms with E-state index in [-0.39, 0.29) is 0 Å². The Kier molecular flexibility index (Phi) is 2.96. The molecule has 0 atom stereocenters. The zero-order valence-electron chi connectivity index (χ0n) is 7.72. The molecule has 1 aromatic carbocycles. The fraction of sp³-hybridized carbons (Fsp3) is 0. The average Bonchev–Trinajstić information content (AvgIpc) is 2.67. The van der Waals surface area contributed by atoms with Crippen LogP contribution in [0.2, 0.25) is 5.02 Å². The third-order valence-corrected chi connectivity index (χ3v) is 3.83. The summed E-state index contributed by atoms with van der Waals surface area (Å²) in [5, 5.41) is 1.62. The summed E-state index contributed by atoms with van der Waals surface area (Å²) in [5.74, 6) is 0. The summed E-state index contributed by atoms with van der Waals surface area (Å²) < 4.78 is 33.8. The predicted molar refractivity (Wildman–Crippen MR) is 60.9 cm³/mol. The van der Waals surface area contributed by atoms with Gasteiger partial charge >= 0.3 is 10.2 Å². The van der Waals surface area contributed by atoms with Gasteiger partial charge in [0, 0.05) is 16.0 Å². The molecule has 84 valence electrons. The molecule has 0 bridgehead atoms. The molecule has 1 heterocycles. The number of thiazole rings is 1. The van der Waals surface area contributed by atoms with Crippen molar-refractivity contribution in [1.29, 1.82) is 0 Å². The van der Waals surface area contributed by atoms with E-state index in [1.807, 2.05) is 0 Å². The number of benzene rings is 1. The summed E-state index contributed by atoms with van der Waals surface area (Å²) >= 11 is 6.77. The number of hydrogen-bond acceptors (Lipinski definition) is 4. The fourth-order valence-electron chi connectivity index (χ4n) is 1.10. The van der Waals surface area contributed by atoms with E-state index in [0.29, 0.717) is 15.6 Å². The molecular formula is C9H5ClFNO2S2. The van der Waals surface area contributed by atoms with Gasteiger partial charge in [-0.1, -0.05) is 27.6 Å². The number of nitrogens with zero attached hydrogens (tertiary/aromatic N) is 1. The smallest absolute Gasteiger partial charge is 0.222 e. The average molecular weight is 278 g/mol. The topological polar surface area (TPSA) is 47.0 Å². The van der Waals surface area contributed by atoms with Crippen LogP contribution in [0.3, 0.4) is 0 Å². The van der Waals surface area contributed by atoms with Crippen molar-refractivity contribution in [3.8, 4) is 10.6 Å². The Hall–Kier alpha value is -0.980. The van der Waals surface area contributed by atoms with Gasteiger partial charge in [0.25, 0.3) is 0 Å². The molecule has 7 heteroatoms. The van der Waals surface area contributed by atoms with Crippen LogP contribution in [0.5, 0.6) is 0 Å². The summed E-state index contributed by atoms with van der Waals surface area (Å²) in [6.45, 7) is 0. The van der Waals surface area contributed by atoms with E-state index < -0.39 is 15.2 Å². The maximum absolute atomic E-state index is 12.6. The second-order valence-corrected chi connectivity index (χ2v) is 5.52. The molecule has 0 unspecified atom stereocenters. The second-order valence-electron chi connectivity index (χ2n) is 2.94. The third kappa shape index (κ3) is 2.40. The van der Waals surface area contributed by atoms with E-state index in [1.165, 1.54) is 5.38 Å². The van der Waals surface area contributed by atoms with E-state index >= 15 is 0 Å². The van der Waals surface area contributed by atoms with Crippen molar-refractivity contribution in [2.24, 2.45) is 0 Å². The second kappa shape index (κ2) is 4.12. The first-order valence-electron chi connectivity index (χ1n) is 4.13. The Morgan fingerprint density at radius 2 is 1.88 bits per heavy atom. The first kappa shape index (κ1) is 11.5. The van der Waals surface area contributed by atoms with Gasteiger partial charge in [-0.2, -0.15) is 8.42 Å². The minimum absolute atomic E-state index is 0.438. The van der Waals surface area contributed by atoms with Gasteiger partial charge in [0.2, 0.25) is 0 Å². The fourth-order valence-corrected chi connectivity index (χ4v) is 2.77. The normalized spacial score (nSPS) is 11.6. The van der Waals surface area contributed by atoms with Crippen LogP contribution in [0.1, 0.15) is 0 Å². The number of aromatic nitrogens is 1. The SMILES string of the molecule is O=S(=O)(F)c1csc(-c2ccc(Cl)cc2)n1. The molecular weight excluding hydrogens is 273 g/mol. The van der Waals surface area contributed by atoms with Gasteiger partial charge in [0.1, 0.15) is 5.01 Å². The molecule has 0 saturated heterocycles. The highest BCUT2D eigenvalue weighted by Gasteiger charge is 2.16. The number of halogens is 2. The van der Waals surface area contributed by atoms with Crippen molar-refractivity contribution in [3.63, 3.8) is 0 Å². The van der Waals surface area contributed by atoms with Crippen LogP contribution in [0, 0.1) is 0 Å². The molecule has 16 heavy (non-hydrogen) atoms. The van der Waals surface area contributed by atoms with Crippen LogP contribution in [0.25, 0.3) is 10.6 Å². The van der Waals surface area contributed by atoms with E-state index in [1.54, 1.807) is 24.3 Å². The first-order valence-corrected chi connectivity index (χ1v) is 6.77. The van der Waals surface area contributed by atoms with Gasteiger partial charge in [0.15, 0.2) is 5.03 Å². The van der Waals surface area contributed by atoms with Crippen molar-refractivity contribution in [1.82, 2.24) is 4.98 Å². The Labute approximate surface area is 101 Å². The maximum Gasteiger partial charge on any atom is 0.350 e. The van der Waals surface area contributed by atoms with Gasteiger partial charge in [-0.05, 0) is 12.1 Å². The maximum atomic E-state index is 12.6. The molecule has 0 amide bonds. The van der Waals surface area contributed by atoms with E-state index in [9.17, 15) is 12.3 Å². The third-order valence-electron chi connectivity index (χ3n) is 1.82. The van der Waals surface area contributed by atoms with E-state index in [0.717, 1.165) is 11.3 Å². The minimum Gasteiger partial charge on any atom is -0.222 e. The van der Waals surface area contributed by atoms with Crippen LogP contribution in [0.4, 0.5) is 3.89 Å². The van der Waals surface area contributed by atoms with Crippen LogP contribution < -0.4 is 0 Å². The van der Waals surface area contributed by atoms with Gasteiger partial charge < -0.3 is 0 Å². The molecule has 0 aliphatic rings. The minimum atomic E-state index is -4.72. The summed E-state index contributed by atoms with van der Waals surface area (Å²) in [7, 11) is -4.72. The molecule has 1 aromatic heterocycles. The highest BCUT2D eigenvalue weighted by Crippen LogP contribution is 2.27. The molecule has 2 rings (SSSR count).